The van der Waals surface area contributed by atoms with Gasteiger partial charge >= 0.3 is 48.4 Å². The molecule has 26 valence electrons. The Bertz CT molecular complexity index is 10.8. The predicted octanol–water partition coefficient (Wildman–Crippen LogP) is 0.648. The number of hydrogen-bond acceptors (Lipinski definition) is 0. The maximum absolute atomic E-state index is 5.06. The molecule has 0 spiro atoms. The van der Waals surface area contributed by atoms with E-state index >= 15 is 0 Å². The van der Waals surface area contributed by atoms with E-state index < -0.39 is 0 Å². The molecule has 0 saturated heterocycles. The summed E-state index contributed by atoms with van der Waals surface area (Å²) in [6, 6.07) is 0. The van der Waals surface area contributed by atoms with Crippen molar-refractivity contribution in [2.45, 2.75) is 2.88 Å². The molecule has 0 aromatic heterocycles. The molecule has 0 atom stereocenters. The van der Waals surface area contributed by atoms with Crippen LogP contribution in [0.15, 0.2) is 0 Å². The van der Waals surface area contributed by atoms with Crippen molar-refractivity contribution in [3.05, 3.63) is 0 Å². The molecule has 0 fully saturated rings. The zero-order chi connectivity index (χ0) is 3.58. The van der Waals surface area contributed by atoms with Crippen molar-refractivity contribution in [3.63, 3.8) is 0 Å². The average molecular weight is 213 g/mol. The van der Waals surface area contributed by atoms with E-state index in [1.165, 1.54) is 22.3 Å². The first-order valence-corrected chi connectivity index (χ1v) is 3.04. The third-order valence-corrected chi connectivity index (χ3v) is 0. The van der Waals surface area contributed by atoms with Gasteiger partial charge in [0.2, 0.25) is 0 Å². The van der Waals surface area contributed by atoms with E-state index in [1.807, 2.05) is 0 Å². The summed E-state index contributed by atoms with van der Waals surface area (Å²) in [6.07, 6.45) is 0. The van der Waals surface area contributed by atoms with Crippen molar-refractivity contribution in [3.8, 4) is 0 Å². The predicted molar refractivity (Wildman–Crippen MR) is 22.6 cm³/mol. The Morgan fingerprint density at radius 3 is 1.50 bits per heavy atom. The van der Waals surface area contributed by atoms with Gasteiger partial charge in [-0.25, -0.2) is 0 Å². The second kappa shape index (κ2) is 2.60. The molecule has 4 heavy (non-hydrogen) atoms. The Balaban J connectivity index is 2.32. The summed E-state index contributed by atoms with van der Waals surface area (Å²) in [4.78, 5) is 0. The van der Waals surface area contributed by atoms with E-state index in [0.717, 1.165) is 0 Å². The van der Waals surface area contributed by atoms with Gasteiger partial charge in [-0.1, -0.05) is 0 Å². The van der Waals surface area contributed by atoms with Crippen molar-refractivity contribution in [2.75, 3.05) is 0 Å². The summed E-state index contributed by atoms with van der Waals surface area (Å²) >= 11 is 11.5. The molecule has 0 nitrogen and oxygen atoms in total. The Hall–Kier alpha value is 1.37. The molecule has 3 heteroatoms. The van der Waals surface area contributed by atoms with E-state index in [2.05, 4.69) is 0 Å². The third kappa shape index (κ3) is 10.1. The molecule has 0 aliphatic carbocycles. The van der Waals surface area contributed by atoms with Crippen molar-refractivity contribution in [1.82, 2.24) is 0 Å². The van der Waals surface area contributed by atoms with Crippen molar-refractivity contribution in [1.29, 1.82) is 0 Å². The average Bonchev–Trinajstić information content (AvgIpc) is 0.811. The molecule has 0 rings (SSSR count). The minimum absolute atomic E-state index is 0.172. The summed E-state index contributed by atoms with van der Waals surface area (Å²) in [7, 11) is 0. The Kier molecular flexibility index (Phi) is 3.49. The maximum atomic E-state index is 5.06. The Labute approximate surface area is 48.4 Å². The number of rotatable bonds is 0. The molecule has 0 aromatic carbocycles. The molecule has 0 aliphatic rings. The first-order chi connectivity index (χ1) is 1.73. The van der Waals surface area contributed by atoms with Crippen LogP contribution in [0.1, 0.15) is 0 Å². The summed E-state index contributed by atoms with van der Waals surface area (Å²) in [5, 5.41) is 0. The zero-order valence-corrected chi connectivity index (χ0v) is 5.85. The summed E-state index contributed by atoms with van der Waals surface area (Å²) < 4.78 is -0.172. The fourth-order valence-corrected chi connectivity index (χ4v) is 0. The molecule has 0 aromatic rings. The monoisotopic (exact) mass is 214 g/mol. The van der Waals surface area contributed by atoms with Gasteiger partial charge in [0.05, 0.1) is 0 Å². The second-order valence-corrected chi connectivity index (χ2v) is 4.67. The first-order valence-electron chi connectivity index (χ1n) is 0.695. The normalized spacial score (nSPS) is 9.00. The quantitative estimate of drug-likeness (QED) is 0.409. The van der Waals surface area contributed by atoms with E-state index in [-0.39, 0.29) is 2.88 Å². The Morgan fingerprint density at radius 2 is 1.50 bits per heavy atom. The van der Waals surface area contributed by atoms with Gasteiger partial charge in [0, 0.05) is 0 Å². The van der Waals surface area contributed by atoms with E-state index in [4.69, 9.17) is 23.2 Å². The van der Waals surface area contributed by atoms with Crippen LogP contribution < -0.4 is 0 Å². The van der Waals surface area contributed by atoms with Crippen LogP contribution in [0.3, 0.4) is 0 Å². The molecule has 0 bridgehead atoms. The summed E-state index contributed by atoms with van der Waals surface area (Å²) in [6.45, 7) is 0. The van der Waals surface area contributed by atoms with Crippen LogP contribution in [0.25, 0.3) is 0 Å². The van der Waals surface area contributed by atoms with Gasteiger partial charge in [-0.05, 0) is 0 Å². The number of halogens is 2. The summed E-state index contributed by atoms with van der Waals surface area (Å²) in [5.74, 6) is 0. The van der Waals surface area contributed by atoms with Gasteiger partial charge in [0.15, 0.2) is 0 Å². The van der Waals surface area contributed by atoms with Crippen molar-refractivity contribution < 1.29 is 0 Å². The van der Waals surface area contributed by atoms with E-state index in [0.29, 0.717) is 0 Å². The standard InChI is InChI=1S/CH2Cl2Te/c2-1(3)4/h1,4H. The minimum atomic E-state index is -0.172. The summed E-state index contributed by atoms with van der Waals surface area (Å²) in [5.41, 5.74) is 0. The van der Waals surface area contributed by atoms with E-state index in [1.54, 1.807) is 0 Å². The zero-order valence-electron chi connectivity index (χ0n) is 1.78. The number of alkyl halides is 2. The molecule has 0 radical (unpaired) electrons. The van der Waals surface area contributed by atoms with Crippen LogP contribution in [-0.2, 0) is 0 Å². The Morgan fingerprint density at radius 1 is 1.50 bits per heavy atom. The second-order valence-electron chi connectivity index (χ2n) is 0.278. The number of hydrogen-bond donors (Lipinski definition) is 0. The fraction of sp³-hybridized carbons (Fsp3) is 1.00. The van der Waals surface area contributed by atoms with Gasteiger partial charge in [0.1, 0.15) is 0 Å². The molecular weight excluding hydrogens is 211 g/mol. The first kappa shape index (κ1) is 5.37. The molecule has 0 amide bonds. The van der Waals surface area contributed by atoms with Crippen LogP contribution in [0.4, 0.5) is 0 Å². The fourth-order valence-electron chi connectivity index (χ4n) is 0. The molecule has 0 aliphatic heterocycles. The molecule has 0 saturated carbocycles. The van der Waals surface area contributed by atoms with Gasteiger partial charge < -0.3 is 0 Å². The van der Waals surface area contributed by atoms with E-state index in [9.17, 15) is 0 Å². The van der Waals surface area contributed by atoms with Gasteiger partial charge in [-0.15, -0.1) is 0 Å². The van der Waals surface area contributed by atoms with Crippen LogP contribution in [0, 0.1) is 0 Å². The third-order valence-electron chi connectivity index (χ3n) is 0. The van der Waals surface area contributed by atoms with Crippen LogP contribution in [0.2, 0.25) is 0 Å². The SMILES string of the molecule is ClC(Cl)[TeH]. The topological polar surface area (TPSA) is 0 Å². The van der Waals surface area contributed by atoms with Crippen LogP contribution >= 0.6 is 23.2 Å². The molecule has 0 heterocycles. The van der Waals surface area contributed by atoms with Gasteiger partial charge in [-0.2, -0.15) is 0 Å². The van der Waals surface area contributed by atoms with Crippen LogP contribution in [0.5, 0.6) is 0 Å². The molecule has 0 N–H and O–H groups in total. The molecule has 0 unspecified atom stereocenters. The molecular formula is CH2Cl2Te. The van der Waals surface area contributed by atoms with Gasteiger partial charge in [0.25, 0.3) is 0 Å². The van der Waals surface area contributed by atoms with Crippen molar-refractivity contribution in [2.24, 2.45) is 0 Å². The van der Waals surface area contributed by atoms with Gasteiger partial charge in [-0.3, -0.25) is 0 Å². The van der Waals surface area contributed by atoms with Crippen molar-refractivity contribution >= 4 is 45.5 Å². The van der Waals surface area contributed by atoms with Crippen LogP contribution in [-0.4, -0.2) is 25.2 Å².